The largest absolute Gasteiger partial charge is 0.416 e. The first kappa shape index (κ1) is 18.6. The van der Waals surface area contributed by atoms with Gasteiger partial charge in [0.1, 0.15) is 4.38 Å². The number of carbonyl (C=O) groups excluding carboxylic acids is 1. The number of carbonyl (C=O) groups is 1. The van der Waals surface area contributed by atoms with Gasteiger partial charge in [-0.1, -0.05) is 36.0 Å². The highest BCUT2D eigenvalue weighted by Gasteiger charge is 2.30. The molecule has 3 rings (SSSR count). The Kier molecular flexibility index (Phi) is 5.43. The highest BCUT2D eigenvalue weighted by atomic mass is 32.2. The summed E-state index contributed by atoms with van der Waals surface area (Å²) in [5.41, 5.74) is 0.888. The van der Waals surface area contributed by atoms with Crippen molar-refractivity contribution in [3.63, 3.8) is 0 Å². The van der Waals surface area contributed by atoms with Crippen molar-refractivity contribution < 1.29 is 18.0 Å². The number of hydrogen-bond acceptors (Lipinski definition) is 4. The van der Waals surface area contributed by atoms with E-state index in [2.05, 4.69) is 10.3 Å². The molecule has 0 fully saturated rings. The standard InChI is InChI=1S/C18H13F3N2OS2/c1-25-17-23-16(24)15(26-17)9-11-5-2-3-8-14(11)22-13-7-4-6-12(10-13)18(19,20)21/h2-10,22H,1H3. The monoisotopic (exact) mass is 394 g/mol. The normalized spacial score (nSPS) is 16.1. The van der Waals surface area contributed by atoms with Crippen LogP contribution in [0.4, 0.5) is 24.5 Å². The van der Waals surface area contributed by atoms with E-state index in [9.17, 15) is 18.0 Å². The SMILES string of the molecule is CSC1=NC(=O)C(=Cc2ccccc2Nc2cccc(C(F)(F)F)c2)S1. The lowest BCUT2D eigenvalue weighted by Gasteiger charge is -2.12. The van der Waals surface area contributed by atoms with Gasteiger partial charge in [-0.25, -0.2) is 0 Å². The molecule has 3 nitrogen and oxygen atoms in total. The molecule has 0 atom stereocenters. The highest BCUT2D eigenvalue weighted by Crippen LogP contribution is 2.35. The number of amides is 1. The summed E-state index contributed by atoms with van der Waals surface area (Å²) in [7, 11) is 0. The van der Waals surface area contributed by atoms with E-state index in [0.717, 1.165) is 12.1 Å². The Bertz CT molecular complexity index is 907. The fourth-order valence-corrected chi connectivity index (χ4v) is 3.70. The van der Waals surface area contributed by atoms with Crippen LogP contribution in [0.2, 0.25) is 0 Å². The average molecular weight is 394 g/mol. The number of thioether (sulfide) groups is 2. The van der Waals surface area contributed by atoms with Crippen LogP contribution in [0, 0.1) is 0 Å². The van der Waals surface area contributed by atoms with Gasteiger partial charge in [0.15, 0.2) is 0 Å². The van der Waals surface area contributed by atoms with Crippen LogP contribution < -0.4 is 5.32 Å². The molecule has 0 aromatic heterocycles. The van der Waals surface area contributed by atoms with Crippen LogP contribution in [0.15, 0.2) is 58.4 Å². The molecule has 8 heteroatoms. The van der Waals surface area contributed by atoms with Crippen molar-refractivity contribution in [2.24, 2.45) is 4.99 Å². The van der Waals surface area contributed by atoms with Gasteiger partial charge in [0.2, 0.25) is 0 Å². The summed E-state index contributed by atoms with van der Waals surface area (Å²) in [6.07, 6.45) is -0.876. The van der Waals surface area contributed by atoms with Crippen LogP contribution in [-0.2, 0) is 11.0 Å². The number of hydrogen-bond donors (Lipinski definition) is 1. The van der Waals surface area contributed by atoms with Gasteiger partial charge in [-0.2, -0.15) is 18.2 Å². The molecular weight excluding hydrogens is 381 g/mol. The van der Waals surface area contributed by atoms with Gasteiger partial charge in [0.25, 0.3) is 5.91 Å². The molecule has 0 spiro atoms. The molecule has 0 saturated carbocycles. The van der Waals surface area contributed by atoms with Crippen molar-refractivity contribution in [3.8, 4) is 0 Å². The van der Waals surface area contributed by atoms with Crippen LogP contribution in [0.25, 0.3) is 6.08 Å². The number of para-hydroxylation sites is 1. The second-order valence-corrected chi connectivity index (χ2v) is 7.37. The third kappa shape index (κ3) is 4.31. The Morgan fingerprint density at radius 2 is 1.92 bits per heavy atom. The molecule has 1 aliphatic rings. The molecule has 0 aliphatic carbocycles. The number of halogens is 3. The van der Waals surface area contributed by atoms with E-state index in [1.807, 2.05) is 6.26 Å². The summed E-state index contributed by atoms with van der Waals surface area (Å²) in [5, 5.41) is 2.99. The minimum absolute atomic E-state index is 0.312. The van der Waals surface area contributed by atoms with Crippen LogP contribution in [-0.4, -0.2) is 16.5 Å². The summed E-state index contributed by atoms with van der Waals surface area (Å²) in [6.45, 7) is 0. The molecule has 0 bridgehead atoms. The van der Waals surface area contributed by atoms with Crippen LogP contribution in [0.3, 0.4) is 0 Å². The molecular formula is C18H13F3N2OS2. The molecule has 0 saturated heterocycles. The predicted molar refractivity (Wildman–Crippen MR) is 103 cm³/mol. The first-order chi connectivity index (χ1) is 12.4. The summed E-state index contributed by atoms with van der Waals surface area (Å²) in [6, 6.07) is 12.1. The highest BCUT2D eigenvalue weighted by molar-refractivity contribution is 8.40. The van der Waals surface area contributed by atoms with Crippen molar-refractivity contribution in [1.82, 2.24) is 0 Å². The Hall–Kier alpha value is -2.19. The third-order valence-corrected chi connectivity index (χ3v) is 5.46. The minimum atomic E-state index is -4.41. The molecule has 0 unspecified atom stereocenters. The lowest BCUT2D eigenvalue weighted by molar-refractivity contribution is -0.137. The van der Waals surface area contributed by atoms with Gasteiger partial charge in [-0.3, -0.25) is 4.79 Å². The molecule has 1 amide bonds. The van der Waals surface area contributed by atoms with E-state index in [4.69, 9.17) is 0 Å². The molecule has 1 heterocycles. The zero-order chi connectivity index (χ0) is 18.7. The maximum Gasteiger partial charge on any atom is 0.416 e. The zero-order valence-electron chi connectivity index (χ0n) is 13.5. The van der Waals surface area contributed by atoms with E-state index < -0.39 is 11.7 Å². The third-order valence-electron chi connectivity index (χ3n) is 3.49. The lowest BCUT2D eigenvalue weighted by atomic mass is 10.1. The van der Waals surface area contributed by atoms with E-state index in [1.165, 1.54) is 29.6 Å². The number of nitrogens with zero attached hydrogens (tertiary/aromatic N) is 1. The van der Waals surface area contributed by atoms with Gasteiger partial charge in [0.05, 0.1) is 10.5 Å². The summed E-state index contributed by atoms with van der Waals surface area (Å²) in [5.74, 6) is -0.312. The number of nitrogens with one attached hydrogen (secondary N) is 1. The maximum atomic E-state index is 12.9. The second-order valence-electron chi connectivity index (χ2n) is 5.29. The first-order valence-corrected chi connectivity index (χ1v) is 9.51. The van der Waals surface area contributed by atoms with Gasteiger partial charge >= 0.3 is 6.18 Å². The number of rotatable bonds is 3. The molecule has 0 radical (unpaired) electrons. The predicted octanol–water partition coefficient (Wildman–Crippen LogP) is 5.78. The fourth-order valence-electron chi connectivity index (χ4n) is 2.28. The zero-order valence-corrected chi connectivity index (χ0v) is 15.1. The summed E-state index contributed by atoms with van der Waals surface area (Å²) < 4.78 is 39.3. The molecule has 26 heavy (non-hydrogen) atoms. The second kappa shape index (κ2) is 7.59. The van der Waals surface area contributed by atoms with E-state index >= 15 is 0 Å². The lowest BCUT2D eigenvalue weighted by Crippen LogP contribution is -2.05. The van der Waals surface area contributed by atoms with Crippen molar-refractivity contribution in [2.75, 3.05) is 11.6 Å². The maximum absolute atomic E-state index is 12.9. The fraction of sp³-hybridized carbons (Fsp3) is 0.111. The molecule has 1 N–H and O–H groups in total. The average Bonchev–Trinajstić information content (AvgIpc) is 2.96. The van der Waals surface area contributed by atoms with Crippen molar-refractivity contribution in [3.05, 3.63) is 64.6 Å². The van der Waals surface area contributed by atoms with E-state index in [0.29, 0.717) is 26.2 Å². The number of benzene rings is 2. The Morgan fingerprint density at radius 3 is 2.62 bits per heavy atom. The smallest absolute Gasteiger partial charge is 0.355 e. The van der Waals surface area contributed by atoms with Gasteiger partial charge < -0.3 is 5.32 Å². The quantitative estimate of drug-likeness (QED) is 0.670. The van der Waals surface area contributed by atoms with Crippen molar-refractivity contribution >= 4 is 51.3 Å². The summed E-state index contributed by atoms with van der Waals surface area (Å²) >= 11 is 2.67. The minimum Gasteiger partial charge on any atom is -0.355 e. The van der Waals surface area contributed by atoms with Gasteiger partial charge in [-0.05, 0) is 42.2 Å². The molecule has 134 valence electrons. The van der Waals surface area contributed by atoms with E-state index in [1.54, 1.807) is 36.4 Å². The van der Waals surface area contributed by atoms with Gasteiger partial charge in [0, 0.05) is 11.4 Å². The van der Waals surface area contributed by atoms with Crippen molar-refractivity contribution in [2.45, 2.75) is 6.18 Å². The van der Waals surface area contributed by atoms with Crippen LogP contribution in [0.5, 0.6) is 0 Å². The number of anilines is 2. The van der Waals surface area contributed by atoms with E-state index in [-0.39, 0.29) is 5.91 Å². The first-order valence-electron chi connectivity index (χ1n) is 7.46. The molecule has 2 aromatic rings. The number of aliphatic imine (C=N–C) groups is 1. The van der Waals surface area contributed by atoms with Crippen molar-refractivity contribution in [1.29, 1.82) is 0 Å². The topological polar surface area (TPSA) is 41.5 Å². The summed E-state index contributed by atoms with van der Waals surface area (Å²) in [4.78, 5) is 16.3. The Morgan fingerprint density at radius 1 is 1.15 bits per heavy atom. The molecule has 1 aliphatic heterocycles. The van der Waals surface area contributed by atoms with Crippen LogP contribution >= 0.6 is 23.5 Å². The Labute approximate surface area is 156 Å². The van der Waals surface area contributed by atoms with Gasteiger partial charge in [-0.15, -0.1) is 11.8 Å². The number of alkyl halides is 3. The Balaban J connectivity index is 1.89. The van der Waals surface area contributed by atoms with Crippen LogP contribution in [0.1, 0.15) is 11.1 Å². The molecule has 2 aromatic carbocycles.